The van der Waals surface area contributed by atoms with Crippen LogP contribution in [0.4, 0.5) is 0 Å². The van der Waals surface area contributed by atoms with E-state index in [-0.39, 0.29) is 19.1 Å². The molecule has 0 saturated heterocycles. The van der Waals surface area contributed by atoms with Crippen LogP contribution in [0.2, 0.25) is 0 Å². The van der Waals surface area contributed by atoms with Crippen LogP contribution in [0.5, 0.6) is 0 Å². The minimum Gasteiger partial charge on any atom is -0.480 e. The summed E-state index contributed by atoms with van der Waals surface area (Å²) in [5.74, 6) is -1.50. The summed E-state index contributed by atoms with van der Waals surface area (Å²) >= 11 is 0. The number of carboxylic acids is 1. The van der Waals surface area contributed by atoms with Gasteiger partial charge in [-0.2, -0.15) is 0 Å². The summed E-state index contributed by atoms with van der Waals surface area (Å²) in [6.45, 7) is -0.504. The summed E-state index contributed by atoms with van der Waals surface area (Å²) in [5.41, 5.74) is 0.668. The van der Waals surface area contributed by atoms with E-state index in [1.165, 1.54) is 6.33 Å². The maximum Gasteiger partial charge on any atom is 0.329 e. The molecule has 0 spiro atoms. The smallest absolute Gasteiger partial charge is 0.329 e. The van der Waals surface area contributed by atoms with Crippen molar-refractivity contribution in [2.45, 2.75) is 6.54 Å². The van der Waals surface area contributed by atoms with Crippen LogP contribution in [0.15, 0.2) is 18.6 Å². The average molecular weight is 225 g/mol. The van der Waals surface area contributed by atoms with Crippen LogP contribution in [0.1, 0.15) is 5.69 Å². The van der Waals surface area contributed by atoms with Crippen molar-refractivity contribution < 1.29 is 19.4 Å². The van der Waals surface area contributed by atoms with Crippen LogP contribution in [0.3, 0.4) is 0 Å². The van der Waals surface area contributed by atoms with Gasteiger partial charge in [0.05, 0.1) is 12.2 Å². The van der Waals surface area contributed by atoms with Crippen molar-refractivity contribution >= 4 is 11.9 Å². The van der Waals surface area contributed by atoms with E-state index in [1.54, 1.807) is 12.3 Å². The number of nitrogens with one attached hydrogen (secondary N) is 1. The lowest BCUT2D eigenvalue weighted by molar-refractivity contribution is -0.143. The van der Waals surface area contributed by atoms with Gasteiger partial charge < -0.3 is 15.2 Å². The number of carbonyl (C=O) groups excluding carboxylic acids is 1. The Labute approximate surface area is 91.5 Å². The molecule has 2 N–H and O–H groups in total. The second-order valence-corrected chi connectivity index (χ2v) is 2.86. The Balaban J connectivity index is 2.18. The highest BCUT2D eigenvalue weighted by Crippen LogP contribution is 1.89. The van der Waals surface area contributed by atoms with Gasteiger partial charge in [-0.1, -0.05) is 0 Å². The molecule has 0 unspecified atom stereocenters. The second-order valence-electron chi connectivity index (χ2n) is 2.86. The molecule has 0 saturated carbocycles. The zero-order valence-corrected chi connectivity index (χ0v) is 8.42. The quantitative estimate of drug-likeness (QED) is 0.656. The number of aliphatic carboxylic acids is 1. The molecule has 1 heterocycles. The Hall–Kier alpha value is -2.02. The van der Waals surface area contributed by atoms with Crippen molar-refractivity contribution in [1.29, 1.82) is 0 Å². The Morgan fingerprint density at radius 1 is 1.44 bits per heavy atom. The van der Waals surface area contributed by atoms with E-state index >= 15 is 0 Å². The maximum absolute atomic E-state index is 11.1. The van der Waals surface area contributed by atoms with E-state index < -0.39 is 12.6 Å². The van der Waals surface area contributed by atoms with E-state index in [4.69, 9.17) is 5.11 Å². The lowest BCUT2D eigenvalue weighted by Crippen LogP contribution is -2.28. The molecular formula is C9H11N3O4. The molecule has 0 aliphatic heterocycles. The average Bonchev–Trinajstić information content (AvgIpc) is 2.27. The van der Waals surface area contributed by atoms with E-state index in [2.05, 4.69) is 20.0 Å². The molecule has 0 radical (unpaired) electrons. The summed E-state index contributed by atoms with van der Waals surface area (Å²) in [7, 11) is 0. The number of carboxylic acid groups (broad SMARTS) is 1. The highest BCUT2D eigenvalue weighted by atomic mass is 16.5. The molecule has 0 bridgehead atoms. The van der Waals surface area contributed by atoms with Gasteiger partial charge in [0.2, 0.25) is 5.91 Å². The van der Waals surface area contributed by atoms with Crippen molar-refractivity contribution in [1.82, 2.24) is 15.3 Å². The first-order valence-electron chi connectivity index (χ1n) is 4.49. The fourth-order valence-corrected chi connectivity index (χ4v) is 0.894. The number of hydrogen-bond donors (Lipinski definition) is 2. The van der Waals surface area contributed by atoms with Gasteiger partial charge in [-0.15, -0.1) is 0 Å². The number of carbonyl (C=O) groups is 2. The Bertz CT molecular complexity index is 355. The molecule has 0 atom stereocenters. The number of hydrogen-bond acceptors (Lipinski definition) is 5. The largest absolute Gasteiger partial charge is 0.480 e. The zero-order valence-electron chi connectivity index (χ0n) is 8.42. The number of aromatic nitrogens is 2. The van der Waals surface area contributed by atoms with Gasteiger partial charge in [-0.3, -0.25) is 4.79 Å². The SMILES string of the molecule is O=C(O)COCC(=O)NCc1ccncn1. The van der Waals surface area contributed by atoms with Crippen molar-refractivity contribution in [3.8, 4) is 0 Å². The van der Waals surface area contributed by atoms with Crippen molar-refractivity contribution in [2.24, 2.45) is 0 Å². The van der Waals surface area contributed by atoms with Crippen molar-refractivity contribution in [3.63, 3.8) is 0 Å². The number of nitrogens with zero attached hydrogens (tertiary/aromatic N) is 2. The van der Waals surface area contributed by atoms with Gasteiger partial charge in [0.25, 0.3) is 0 Å². The van der Waals surface area contributed by atoms with Crippen LogP contribution >= 0.6 is 0 Å². The predicted octanol–water partition coefficient (Wildman–Crippen LogP) is -0.806. The van der Waals surface area contributed by atoms with Crippen molar-refractivity contribution in [2.75, 3.05) is 13.2 Å². The molecule has 7 nitrogen and oxygen atoms in total. The molecule has 0 aliphatic rings. The lowest BCUT2D eigenvalue weighted by Gasteiger charge is -2.04. The van der Waals surface area contributed by atoms with Crippen LogP contribution in [0.25, 0.3) is 0 Å². The first kappa shape index (κ1) is 12.1. The minimum absolute atomic E-state index is 0.262. The highest BCUT2D eigenvalue weighted by molar-refractivity contribution is 5.77. The highest BCUT2D eigenvalue weighted by Gasteiger charge is 2.03. The fourth-order valence-electron chi connectivity index (χ4n) is 0.894. The predicted molar refractivity (Wildman–Crippen MR) is 52.3 cm³/mol. The second kappa shape index (κ2) is 6.46. The zero-order chi connectivity index (χ0) is 11.8. The Morgan fingerprint density at radius 3 is 2.88 bits per heavy atom. The first-order chi connectivity index (χ1) is 7.68. The Morgan fingerprint density at radius 2 is 2.25 bits per heavy atom. The number of rotatable bonds is 6. The molecule has 1 aromatic heterocycles. The maximum atomic E-state index is 11.1. The van der Waals surface area contributed by atoms with Crippen molar-refractivity contribution in [3.05, 3.63) is 24.3 Å². The van der Waals surface area contributed by atoms with Crippen LogP contribution in [0, 0.1) is 0 Å². The number of amides is 1. The molecule has 86 valence electrons. The van der Waals surface area contributed by atoms with E-state index in [0.29, 0.717) is 5.69 Å². The molecule has 1 aromatic rings. The molecule has 0 aromatic carbocycles. The van der Waals surface area contributed by atoms with Gasteiger partial charge in [-0.25, -0.2) is 14.8 Å². The van der Waals surface area contributed by atoms with Gasteiger partial charge in [0.15, 0.2) is 0 Å². The molecule has 16 heavy (non-hydrogen) atoms. The van der Waals surface area contributed by atoms with E-state index in [9.17, 15) is 9.59 Å². The Kier molecular flexibility index (Phi) is 4.87. The molecule has 0 aliphatic carbocycles. The minimum atomic E-state index is -1.11. The molecule has 1 rings (SSSR count). The standard InChI is InChI=1S/C9H11N3O4/c13-8(4-16-5-9(14)15)11-3-7-1-2-10-6-12-7/h1-2,6H,3-5H2,(H,11,13)(H,14,15). The summed E-state index contributed by atoms with van der Waals surface area (Å²) in [4.78, 5) is 28.8. The number of ether oxygens (including phenoxy) is 1. The molecule has 7 heteroatoms. The van der Waals surface area contributed by atoms with Gasteiger partial charge in [0.1, 0.15) is 19.5 Å². The summed E-state index contributed by atoms with van der Waals surface area (Å²) < 4.78 is 4.60. The summed E-state index contributed by atoms with van der Waals surface area (Å²) in [5, 5.41) is 10.8. The van der Waals surface area contributed by atoms with Crippen LogP contribution in [-0.2, 0) is 20.9 Å². The third kappa shape index (κ3) is 5.01. The molecular weight excluding hydrogens is 214 g/mol. The van der Waals surface area contributed by atoms with Gasteiger partial charge >= 0.3 is 5.97 Å². The van der Waals surface area contributed by atoms with Crippen LogP contribution in [-0.4, -0.2) is 40.2 Å². The fraction of sp³-hybridized carbons (Fsp3) is 0.333. The third-order valence-corrected chi connectivity index (χ3v) is 1.57. The molecule has 1 amide bonds. The van der Waals surface area contributed by atoms with Gasteiger partial charge in [-0.05, 0) is 6.07 Å². The topological polar surface area (TPSA) is 101 Å². The molecule has 0 fully saturated rings. The summed E-state index contributed by atoms with van der Waals surface area (Å²) in [6.07, 6.45) is 2.94. The van der Waals surface area contributed by atoms with Crippen LogP contribution < -0.4 is 5.32 Å². The van der Waals surface area contributed by atoms with E-state index in [1.807, 2.05) is 0 Å². The third-order valence-electron chi connectivity index (χ3n) is 1.57. The lowest BCUT2D eigenvalue weighted by atomic mass is 10.4. The first-order valence-corrected chi connectivity index (χ1v) is 4.49. The van der Waals surface area contributed by atoms with Gasteiger partial charge in [0, 0.05) is 6.20 Å². The van der Waals surface area contributed by atoms with E-state index in [0.717, 1.165) is 0 Å². The monoisotopic (exact) mass is 225 g/mol. The summed E-state index contributed by atoms with van der Waals surface area (Å²) in [6, 6.07) is 1.67. The normalized spacial score (nSPS) is 9.75.